The van der Waals surface area contributed by atoms with Crippen molar-refractivity contribution in [3.05, 3.63) is 84.3 Å². The molecule has 0 unspecified atom stereocenters. The number of fused-ring (bicyclic) bond motifs is 4. The fourth-order valence-electron chi connectivity index (χ4n) is 6.33. The molecule has 47 heavy (non-hydrogen) atoms. The molecule has 0 fully saturated rings. The quantitative estimate of drug-likeness (QED) is 0.0624. The molecule has 1 N–H and O–H groups in total. The summed E-state index contributed by atoms with van der Waals surface area (Å²) in [6, 6.07) is 23.7. The minimum absolute atomic E-state index is 0. The van der Waals surface area contributed by atoms with Crippen LogP contribution in [0.3, 0.4) is 0 Å². The summed E-state index contributed by atoms with van der Waals surface area (Å²) in [7, 11) is -1.53. The van der Waals surface area contributed by atoms with E-state index in [9.17, 15) is 9.90 Å². The van der Waals surface area contributed by atoms with Crippen LogP contribution in [0.5, 0.6) is 0 Å². The van der Waals surface area contributed by atoms with Crippen molar-refractivity contribution < 1.29 is 30.0 Å². The van der Waals surface area contributed by atoms with Crippen LogP contribution in [-0.2, 0) is 31.3 Å². The Bertz CT molecular complexity index is 1830. The number of allylic oxidation sites excluding steroid dienone is 2. The summed E-state index contributed by atoms with van der Waals surface area (Å²) in [5, 5.41) is 16.4. The Hall–Kier alpha value is -2.63. The summed E-state index contributed by atoms with van der Waals surface area (Å²) >= 11 is 1.90. The van der Waals surface area contributed by atoms with Crippen LogP contribution >= 0.6 is 11.3 Å². The standard InChI is InChI=1S/C28H28NSSi.C13H24O2.Ir/c1-18(2)15-20-10-8-12-23-24-13-14-29-26(28(24)30-27(20)23)21-16-19-9-6-7-11-22(19)25(17-21)31(3,4)5;1-5-10(6-2)12(14)9-13(15)11(7-3)8-4;/h6-14,17-18H,15H2,1-5H3;9-11,14H,5-8H2,1-4H3;/q-1;;/b;12-9-;. The van der Waals surface area contributed by atoms with Crippen LogP contribution in [0.4, 0.5) is 0 Å². The Morgan fingerprint density at radius 3 is 2.11 bits per heavy atom. The Balaban J connectivity index is 0.000000322. The molecule has 5 aromatic rings. The molecule has 0 spiro atoms. The largest absolute Gasteiger partial charge is 0.512 e. The van der Waals surface area contributed by atoms with Crippen molar-refractivity contribution in [3.63, 3.8) is 0 Å². The van der Waals surface area contributed by atoms with E-state index in [1.807, 2.05) is 45.2 Å². The maximum Gasteiger partial charge on any atom is 0.162 e. The van der Waals surface area contributed by atoms with E-state index in [4.69, 9.17) is 4.98 Å². The first-order valence-electron chi connectivity index (χ1n) is 17.1. The van der Waals surface area contributed by atoms with E-state index in [2.05, 4.69) is 94.2 Å². The van der Waals surface area contributed by atoms with Gasteiger partial charge < -0.3 is 5.11 Å². The van der Waals surface area contributed by atoms with Gasteiger partial charge in [-0.15, -0.1) is 40.1 Å². The predicted molar refractivity (Wildman–Crippen MR) is 204 cm³/mol. The van der Waals surface area contributed by atoms with E-state index in [0.717, 1.165) is 43.4 Å². The summed E-state index contributed by atoms with van der Waals surface area (Å²) < 4.78 is 2.69. The van der Waals surface area contributed by atoms with Crippen LogP contribution in [0.15, 0.2) is 72.6 Å². The molecule has 2 heterocycles. The van der Waals surface area contributed by atoms with Gasteiger partial charge in [-0.25, -0.2) is 0 Å². The Kier molecular flexibility index (Phi) is 14.2. The molecule has 3 aromatic carbocycles. The minimum Gasteiger partial charge on any atom is -0.512 e. The van der Waals surface area contributed by atoms with Crippen LogP contribution < -0.4 is 5.19 Å². The third kappa shape index (κ3) is 9.09. The number of hydrogen-bond acceptors (Lipinski definition) is 4. The normalized spacial score (nSPS) is 12.2. The third-order valence-electron chi connectivity index (χ3n) is 9.04. The Morgan fingerprint density at radius 2 is 1.49 bits per heavy atom. The van der Waals surface area contributed by atoms with Gasteiger partial charge in [0.25, 0.3) is 0 Å². The van der Waals surface area contributed by atoms with E-state index in [1.165, 1.54) is 47.8 Å². The molecule has 0 saturated heterocycles. The molecule has 0 aliphatic heterocycles. The number of carbonyl (C=O) groups excluding carboxylic acids is 1. The molecule has 0 bridgehead atoms. The van der Waals surface area contributed by atoms with Gasteiger partial charge >= 0.3 is 0 Å². The molecule has 253 valence electrons. The van der Waals surface area contributed by atoms with Crippen molar-refractivity contribution >= 4 is 61.3 Å². The van der Waals surface area contributed by atoms with Crippen molar-refractivity contribution in [1.82, 2.24) is 4.98 Å². The molecular weight excluding hydrogens is 791 g/mol. The number of nitrogens with zero attached hydrogens (tertiary/aromatic N) is 1. The van der Waals surface area contributed by atoms with Gasteiger partial charge in [0, 0.05) is 64.7 Å². The third-order valence-corrected chi connectivity index (χ3v) is 12.4. The summed E-state index contributed by atoms with van der Waals surface area (Å²) in [4.78, 5) is 16.6. The maximum absolute atomic E-state index is 11.7. The molecule has 0 aliphatic rings. The first-order chi connectivity index (χ1) is 21.9. The maximum atomic E-state index is 11.7. The number of carbonyl (C=O) groups is 1. The molecule has 1 radical (unpaired) electrons. The van der Waals surface area contributed by atoms with Crippen LogP contribution in [0.25, 0.3) is 42.2 Å². The van der Waals surface area contributed by atoms with Gasteiger partial charge in [-0.3, -0.25) is 9.78 Å². The van der Waals surface area contributed by atoms with Crippen molar-refractivity contribution in [2.45, 2.75) is 93.3 Å². The van der Waals surface area contributed by atoms with Crippen molar-refractivity contribution in [1.29, 1.82) is 0 Å². The van der Waals surface area contributed by atoms with E-state index in [0.29, 0.717) is 5.92 Å². The van der Waals surface area contributed by atoms with E-state index in [1.54, 1.807) is 0 Å². The van der Waals surface area contributed by atoms with Crippen LogP contribution in [0, 0.1) is 23.8 Å². The molecule has 0 amide bonds. The first-order valence-corrected chi connectivity index (χ1v) is 21.4. The van der Waals surface area contributed by atoms with Crippen molar-refractivity contribution in [2.75, 3.05) is 0 Å². The molecule has 3 nitrogen and oxygen atoms in total. The fourth-order valence-corrected chi connectivity index (χ4v) is 9.26. The average molecular weight is 843 g/mol. The van der Waals surface area contributed by atoms with Gasteiger partial charge in [0.1, 0.15) is 0 Å². The molecule has 6 heteroatoms. The first kappa shape index (κ1) is 38.8. The van der Waals surface area contributed by atoms with Gasteiger partial charge in [0.15, 0.2) is 5.78 Å². The molecule has 0 saturated carbocycles. The molecule has 0 atom stereocenters. The van der Waals surface area contributed by atoms with Gasteiger partial charge in [0.2, 0.25) is 0 Å². The van der Waals surface area contributed by atoms with Crippen LogP contribution in [0.2, 0.25) is 19.6 Å². The second-order valence-corrected chi connectivity index (χ2v) is 20.0. The van der Waals surface area contributed by atoms with Gasteiger partial charge in [0.05, 0.1) is 13.8 Å². The van der Waals surface area contributed by atoms with Crippen molar-refractivity contribution in [2.24, 2.45) is 17.8 Å². The summed E-state index contributed by atoms with van der Waals surface area (Å²) in [5.74, 6) is 1.19. The number of rotatable bonds is 11. The number of pyridine rings is 1. The fraction of sp³-hybridized carbons (Fsp3) is 0.415. The number of thiophene rings is 1. The summed E-state index contributed by atoms with van der Waals surface area (Å²) in [5.41, 5.74) is 3.64. The zero-order valence-electron chi connectivity index (χ0n) is 29.7. The smallest absolute Gasteiger partial charge is 0.162 e. The molecular formula is C41H52IrNO2SSi-. The van der Waals surface area contributed by atoms with Gasteiger partial charge in [-0.1, -0.05) is 109 Å². The number of aliphatic hydroxyl groups excluding tert-OH is 1. The number of aliphatic hydroxyl groups is 1. The zero-order chi connectivity index (χ0) is 33.6. The number of benzene rings is 3. The van der Waals surface area contributed by atoms with E-state index < -0.39 is 8.07 Å². The number of aromatic nitrogens is 1. The van der Waals surface area contributed by atoms with Crippen LogP contribution in [-0.4, -0.2) is 23.9 Å². The average Bonchev–Trinajstić information content (AvgIpc) is 3.41. The van der Waals surface area contributed by atoms with E-state index >= 15 is 0 Å². The molecule has 2 aromatic heterocycles. The zero-order valence-corrected chi connectivity index (χ0v) is 33.9. The van der Waals surface area contributed by atoms with Crippen LogP contribution in [0.1, 0.15) is 72.8 Å². The predicted octanol–water partition coefficient (Wildman–Crippen LogP) is 11.7. The summed E-state index contributed by atoms with van der Waals surface area (Å²) in [6.07, 6.45) is 7.98. The van der Waals surface area contributed by atoms with Gasteiger partial charge in [-0.05, 0) is 55.0 Å². The molecule has 5 rings (SSSR count). The van der Waals surface area contributed by atoms with Gasteiger partial charge in [-0.2, -0.15) is 0 Å². The Morgan fingerprint density at radius 1 is 0.872 bits per heavy atom. The summed E-state index contributed by atoms with van der Waals surface area (Å²) in [6.45, 7) is 19.9. The monoisotopic (exact) mass is 843 g/mol. The second kappa shape index (κ2) is 17.2. The van der Waals surface area contributed by atoms with E-state index in [-0.39, 0.29) is 43.5 Å². The minimum atomic E-state index is -1.53. The van der Waals surface area contributed by atoms with Crippen molar-refractivity contribution in [3.8, 4) is 11.3 Å². The number of hydrogen-bond donors (Lipinski definition) is 1. The SMILES string of the molecule is CC(C)Cc1cccc2c1sc1c(-c3[c-]c4ccccc4c([Si](C)(C)C)c3)nccc12.CCC(CC)C(=O)/C=C(\O)C(CC)CC.[Ir]. The second-order valence-electron chi connectivity index (χ2n) is 13.9. The Labute approximate surface area is 301 Å². The topological polar surface area (TPSA) is 50.2 Å². The molecule has 0 aliphatic carbocycles. The number of ketones is 1.